The summed E-state index contributed by atoms with van der Waals surface area (Å²) in [6, 6.07) is 17.5. The lowest BCUT2D eigenvalue weighted by Crippen LogP contribution is -2.34. The third-order valence-corrected chi connectivity index (χ3v) is 5.05. The van der Waals surface area contributed by atoms with E-state index in [1.54, 1.807) is 20.1 Å². The van der Waals surface area contributed by atoms with Crippen LogP contribution in [0.1, 0.15) is 35.1 Å². The number of ether oxygens (including phenoxy) is 1. The molecule has 3 rings (SSSR count). The number of nitrogens with two attached hydrogens (primary N) is 2. The molecular formula is C37H51N5O2. The molecule has 0 radical (unpaired) electrons. The number of terminal acetylenes is 2. The number of nitrogens with one attached hydrogen (secondary N) is 1. The number of hydrogen-bond donors (Lipinski definition) is 3. The van der Waals surface area contributed by atoms with Gasteiger partial charge in [-0.15, -0.1) is 52.0 Å². The first-order valence-electron chi connectivity index (χ1n) is 13.3. The average Bonchev–Trinajstić information content (AvgIpc) is 3.07. The summed E-state index contributed by atoms with van der Waals surface area (Å²) in [7, 11) is 3.53. The molecule has 1 heterocycles. The van der Waals surface area contributed by atoms with Gasteiger partial charge in [-0.2, -0.15) is 0 Å². The molecule has 5 N–H and O–H groups in total. The molecule has 0 aliphatic heterocycles. The van der Waals surface area contributed by atoms with Crippen molar-refractivity contribution in [1.82, 2.24) is 9.97 Å². The fourth-order valence-corrected chi connectivity index (χ4v) is 2.93. The number of hydrogen-bond acceptors (Lipinski definition) is 7. The topological polar surface area (TPSA) is 116 Å². The number of rotatable bonds is 7. The zero-order valence-electron chi connectivity index (χ0n) is 27.3. The Labute approximate surface area is 266 Å². The van der Waals surface area contributed by atoms with Gasteiger partial charge in [0, 0.05) is 25.2 Å². The predicted octanol–water partition coefficient (Wildman–Crippen LogP) is 6.87. The van der Waals surface area contributed by atoms with Gasteiger partial charge in [0.25, 0.3) is 0 Å². The highest BCUT2D eigenvalue weighted by atomic mass is 16.5. The molecule has 0 spiro atoms. The van der Waals surface area contributed by atoms with Gasteiger partial charge in [-0.25, -0.2) is 9.97 Å². The molecule has 2 aromatic carbocycles. The number of anilines is 1. The summed E-state index contributed by atoms with van der Waals surface area (Å²) in [5.74, 6) is 2.61. The number of benzene rings is 2. The van der Waals surface area contributed by atoms with E-state index in [1.807, 2.05) is 94.6 Å². The lowest BCUT2D eigenvalue weighted by molar-refractivity contribution is -0.112. The second-order valence-corrected chi connectivity index (χ2v) is 8.31. The van der Waals surface area contributed by atoms with Crippen molar-refractivity contribution in [3.05, 3.63) is 134 Å². The molecule has 7 nitrogen and oxygen atoms in total. The number of aldehydes is 1. The number of para-hydroxylation sites is 1. The monoisotopic (exact) mass is 597 g/mol. The van der Waals surface area contributed by atoms with Gasteiger partial charge in [0.15, 0.2) is 0 Å². The van der Waals surface area contributed by atoms with E-state index >= 15 is 0 Å². The number of methoxy groups -OCH3 is 1. The highest BCUT2D eigenvalue weighted by molar-refractivity contribution is 5.66. The highest BCUT2D eigenvalue weighted by Gasteiger charge is 2.18. The lowest BCUT2D eigenvalue weighted by atomic mass is 9.94. The quantitative estimate of drug-likeness (QED) is 0.118. The number of carbonyl (C=O) groups is 1. The zero-order valence-corrected chi connectivity index (χ0v) is 27.3. The van der Waals surface area contributed by atoms with Gasteiger partial charge in [0.2, 0.25) is 0 Å². The number of allylic oxidation sites excluding steroid dienone is 3. The molecule has 236 valence electrons. The van der Waals surface area contributed by atoms with Crippen LogP contribution >= 0.6 is 0 Å². The molecule has 7 heteroatoms. The van der Waals surface area contributed by atoms with E-state index < -0.39 is 5.54 Å². The van der Waals surface area contributed by atoms with Gasteiger partial charge >= 0.3 is 0 Å². The van der Waals surface area contributed by atoms with Crippen LogP contribution in [0.15, 0.2) is 105 Å². The average molecular weight is 598 g/mol. The van der Waals surface area contributed by atoms with Crippen molar-refractivity contribution >= 4 is 12.1 Å². The van der Waals surface area contributed by atoms with E-state index in [1.165, 1.54) is 17.3 Å². The predicted molar refractivity (Wildman–Crippen MR) is 191 cm³/mol. The fraction of sp³-hybridized carbons (Fsp3) is 0.216. The van der Waals surface area contributed by atoms with Crippen LogP contribution in [0, 0.1) is 46.5 Å². The molecule has 0 bridgehead atoms. The Morgan fingerprint density at radius 2 is 1.48 bits per heavy atom. The normalized spacial score (nSPS) is 10.2. The number of carbonyl (C=O) groups excluding carboxylic acids is 1. The van der Waals surface area contributed by atoms with Crippen molar-refractivity contribution in [3.63, 3.8) is 0 Å². The summed E-state index contributed by atoms with van der Waals surface area (Å²) in [4.78, 5) is 19.2. The van der Waals surface area contributed by atoms with Crippen molar-refractivity contribution in [1.29, 1.82) is 0 Å². The second-order valence-electron chi connectivity index (χ2n) is 8.31. The van der Waals surface area contributed by atoms with Crippen LogP contribution in [-0.2, 0) is 16.8 Å². The van der Waals surface area contributed by atoms with E-state index in [9.17, 15) is 4.79 Å². The molecule has 1 aromatic heterocycles. The first-order valence-corrected chi connectivity index (χ1v) is 13.3. The molecular weight excluding hydrogens is 546 g/mol. The van der Waals surface area contributed by atoms with E-state index in [4.69, 9.17) is 16.2 Å². The van der Waals surface area contributed by atoms with Crippen LogP contribution in [0.4, 0.5) is 5.82 Å². The maximum atomic E-state index is 10.6. The zero-order chi connectivity index (χ0) is 35.0. The van der Waals surface area contributed by atoms with Crippen LogP contribution in [-0.4, -0.2) is 30.4 Å². The summed E-state index contributed by atoms with van der Waals surface area (Å²) in [6.07, 6.45) is 24.6. The van der Waals surface area contributed by atoms with Crippen molar-refractivity contribution in [3.8, 4) is 31.4 Å². The van der Waals surface area contributed by atoms with E-state index in [-0.39, 0.29) is 0 Å². The summed E-state index contributed by atoms with van der Waals surface area (Å²) in [5.41, 5.74) is 14.2. The Morgan fingerprint density at radius 3 is 1.91 bits per heavy atom. The maximum Gasteiger partial charge on any atom is 0.144 e. The molecule has 44 heavy (non-hydrogen) atoms. The summed E-state index contributed by atoms with van der Waals surface area (Å²) < 4.78 is 5.04. The Balaban J connectivity index is -0.000000249. The Hall–Kier alpha value is -5.37. The van der Waals surface area contributed by atoms with Crippen molar-refractivity contribution in [2.75, 3.05) is 19.5 Å². The fourth-order valence-electron chi connectivity index (χ4n) is 2.93. The Kier molecular flexibility index (Phi) is 31.7. The number of aryl methyl sites for hydroxylation is 3. The second kappa shape index (κ2) is 30.6. The van der Waals surface area contributed by atoms with E-state index in [0.29, 0.717) is 6.42 Å². The molecule has 0 saturated heterocycles. The van der Waals surface area contributed by atoms with E-state index in [2.05, 4.69) is 67.3 Å². The molecule has 0 saturated carbocycles. The molecule has 0 fully saturated rings. The molecule has 1 atom stereocenters. The minimum atomic E-state index is -0.853. The van der Waals surface area contributed by atoms with Crippen LogP contribution in [0.3, 0.4) is 0 Å². The molecule has 3 aromatic rings. The molecule has 0 aliphatic rings. The molecule has 0 aliphatic carbocycles. The molecule has 1 unspecified atom stereocenters. The standard InChI is InChI=1S/C11H16N4.C10H13NO.C8H10O.2C2H4.2C2H2/c1-9-8-11(13-2)15-10(14-9)6-4-3-5-7-12;1-8-3-5-9(6-4-8)10(2,11)7-12;1-7-5-3-4-6-8(7)9-2;4*1-2/h3-5,7-8H,6,12H2,1-2H3,(H,13,14,15);3-7H,11H2,1-2H3;3-6H,1-2H3;2*1-2H2;2*1-2H/b4-3-,7-5-;;;;;;. The van der Waals surface area contributed by atoms with Crippen LogP contribution in [0.2, 0.25) is 0 Å². The first kappa shape index (κ1) is 45.6. The minimum absolute atomic E-state index is 0.709. The molecule has 0 amide bonds. The van der Waals surface area contributed by atoms with Crippen LogP contribution in [0.5, 0.6) is 5.75 Å². The Bertz CT molecular complexity index is 1240. The minimum Gasteiger partial charge on any atom is -0.496 e. The summed E-state index contributed by atoms with van der Waals surface area (Å²) in [6.45, 7) is 19.7. The van der Waals surface area contributed by atoms with Gasteiger partial charge in [-0.3, -0.25) is 0 Å². The van der Waals surface area contributed by atoms with Gasteiger partial charge < -0.3 is 26.3 Å². The van der Waals surface area contributed by atoms with Crippen molar-refractivity contribution in [2.45, 2.75) is 39.7 Å². The van der Waals surface area contributed by atoms with E-state index in [0.717, 1.165) is 34.9 Å². The van der Waals surface area contributed by atoms with Crippen molar-refractivity contribution < 1.29 is 9.53 Å². The van der Waals surface area contributed by atoms with Gasteiger partial charge in [0.1, 0.15) is 23.7 Å². The van der Waals surface area contributed by atoms with Gasteiger partial charge in [-0.1, -0.05) is 60.2 Å². The van der Waals surface area contributed by atoms with Gasteiger partial charge in [-0.05, 0) is 57.2 Å². The van der Waals surface area contributed by atoms with Crippen LogP contribution < -0.4 is 21.5 Å². The third kappa shape index (κ3) is 21.4. The van der Waals surface area contributed by atoms with Gasteiger partial charge in [0.05, 0.1) is 12.6 Å². The van der Waals surface area contributed by atoms with Crippen molar-refractivity contribution in [2.24, 2.45) is 11.5 Å². The summed E-state index contributed by atoms with van der Waals surface area (Å²) in [5, 5.41) is 3.00. The Morgan fingerprint density at radius 1 is 0.932 bits per heavy atom. The summed E-state index contributed by atoms with van der Waals surface area (Å²) >= 11 is 0. The first-order chi connectivity index (χ1) is 21.2. The number of aromatic nitrogens is 2. The smallest absolute Gasteiger partial charge is 0.144 e. The SMILES string of the molecule is C#C.C#C.C=C.C=C.CNc1cc(C)nc(C/C=C\C=C/N)n1.COc1ccccc1C.Cc1ccc(C(C)(N)C=O)cc1. The number of nitrogens with zero attached hydrogens (tertiary/aromatic N) is 2. The van der Waals surface area contributed by atoms with Crippen LogP contribution in [0.25, 0.3) is 0 Å². The maximum absolute atomic E-state index is 10.6. The lowest BCUT2D eigenvalue weighted by Gasteiger charge is -2.17. The largest absolute Gasteiger partial charge is 0.496 e. The highest BCUT2D eigenvalue weighted by Crippen LogP contribution is 2.15. The third-order valence-electron chi connectivity index (χ3n) is 5.05.